The lowest BCUT2D eigenvalue weighted by Gasteiger charge is -2.19. The van der Waals surface area contributed by atoms with Crippen LogP contribution in [0.2, 0.25) is 0 Å². The molecule has 3 heterocycles. The van der Waals surface area contributed by atoms with Crippen LogP contribution in [0.15, 0.2) is 15.7 Å². The summed E-state index contributed by atoms with van der Waals surface area (Å²) in [5.74, 6) is 0.0679. The van der Waals surface area contributed by atoms with Gasteiger partial charge in [-0.15, -0.1) is 21.5 Å². The Kier molecular flexibility index (Phi) is 5.58. The fraction of sp³-hybridized carbons (Fsp3) is 0.526. The average Bonchev–Trinajstić information content (AvgIpc) is 3.40. The zero-order valence-electron chi connectivity index (χ0n) is 17.0. The highest BCUT2D eigenvalue weighted by atomic mass is 32.2. The van der Waals surface area contributed by atoms with Crippen molar-refractivity contribution in [1.82, 2.24) is 25.9 Å². The van der Waals surface area contributed by atoms with Crippen LogP contribution in [0.1, 0.15) is 44.1 Å². The molecule has 0 aromatic carbocycles. The van der Waals surface area contributed by atoms with E-state index in [9.17, 15) is 14.4 Å². The van der Waals surface area contributed by atoms with Crippen molar-refractivity contribution in [3.8, 4) is 10.8 Å². The lowest BCUT2D eigenvalue weighted by Crippen LogP contribution is -2.49. The molecule has 160 valence electrons. The van der Waals surface area contributed by atoms with Gasteiger partial charge in [0.15, 0.2) is 0 Å². The number of fused-ring (bicyclic) bond motifs is 1. The number of imide groups is 1. The Morgan fingerprint density at radius 1 is 1.47 bits per heavy atom. The molecule has 0 saturated carbocycles. The lowest BCUT2D eigenvalue weighted by molar-refractivity contribution is -0.137. The number of rotatable bonds is 6. The Morgan fingerprint density at radius 3 is 3.00 bits per heavy atom. The van der Waals surface area contributed by atoms with Crippen molar-refractivity contribution in [2.24, 2.45) is 5.92 Å². The Labute approximate surface area is 182 Å². The van der Waals surface area contributed by atoms with Crippen LogP contribution in [0.25, 0.3) is 10.8 Å². The molecular formula is C19H23N5O4S2. The summed E-state index contributed by atoms with van der Waals surface area (Å²) in [6, 6.07) is 1.48. The van der Waals surface area contributed by atoms with Crippen LogP contribution in [0, 0.1) is 5.92 Å². The number of amides is 4. The summed E-state index contributed by atoms with van der Waals surface area (Å²) in [5, 5.41) is 11.7. The predicted octanol–water partition coefficient (Wildman–Crippen LogP) is 2.77. The van der Waals surface area contributed by atoms with Gasteiger partial charge in [-0.2, -0.15) is 5.01 Å². The first-order valence-corrected chi connectivity index (χ1v) is 11.6. The zero-order valence-corrected chi connectivity index (χ0v) is 18.6. The molecule has 2 aromatic rings. The number of hydrogen-bond acceptors (Lipinski definition) is 8. The minimum Gasteiger partial charge on any atom is -0.410 e. The lowest BCUT2D eigenvalue weighted by atomic mass is 9.90. The molecule has 1 aliphatic heterocycles. The van der Waals surface area contributed by atoms with Gasteiger partial charge in [-0.05, 0) is 50.2 Å². The van der Waals surface area contributed by atoms with Crippen molar-refractivity contribution in [3.63, 3.8) is 0 Å². The van der Waals surface area contributed by atoms with Crippen molar-refractivity contribution in [2.75, 3.05) is 5.75 Å². The molecule has 1 saturated heterocycles. The number of thioether (sulfide) groups is 1. The first kappa shape index (κ1) is 20.9. The van der Waals surface area contributed by atoms with E-state index in [4.69, 9.17) is 4.42 Å². The molecule has 2 atom stereocenters. The summed E-state index contributed by atoms with van der Waals surface area (Å²) in [6.45, 7) is 5.67. The van der Waals surface area contributed by atoms with Crippen LogP contribution in [0.4, 0.5) is 4.79 Å². The van der Waals surface area contributed by atoms with Crippen LogP contribution in [-0.4, -0.2) is 44.3 Å². The highest BCUT2D eigenvalue weighted by molar-refractivity contribution is 7.99. The molecular weight excluding hydrogens is 426 g/mol. The van der Waals surface area contributed by atoms with Crippen molar-refractivity contribution in [1.29, 1.82) is 0 Å². The molecule has 9 nitrogen and oxygen atoms in total. The number of nitrogens with zero attached hydrogens (tertiary/aromatic N) is 3. The summed E-state index contributed by atoms with van der Waals surface area (Å²) >= 11 is 2.73. The zero-order chi connectivity index (χ0) is 21.5. The van der Waals surface area contributed by atoms with Gasteiger partial charge in [0.2, 0.25) is 5.91 Å². The highest BCUT2D eigenvalue weighted by Gasteiger charge is 2.47. The molecule has 2 N–H and O–H groups in total. The Morgan fingerprint density at radius 2 is 2.27 bits per heavy atom. The molecule has 11 heteroatoms. The van der Waals surface area contributed by atoms with E-state index in [1.807, 2.05) is 0 Å². The smallest absolute Gasteiger partial charge is 0.344 e. The van der Waals surface area contributed by atoms with E-state index >= 15 is 0 Å². The number of nitrogens with one attached hydrogen (secondary N) is 2. The second kappa shape index (κ2) is 8.03. The van der Waals surface area contributed by atoms with Crippen LogP contribution in [0.5, 0.6) is 0 Å². The van der Waals surface area contributed by atoms with Crippen LogP contribution < -0.4 is 10.7 Å². The van der Waals surface area contributed by atoms with Gasteiger partial charge in [-0.3, -0.25) is 15.0 Å². The maximum Gasteiger partial charge on any atom is 0.344 e. The quantitative estimate of drug-likeness (QED) is 0.514. The molecule has 2 aliphatic rings. The first-order valence-electron chi connectivity index (χ1n) is 9.83. The van der Waals surface area contributed by atoms with Gasteiger partial charge >= 0.3 is 6.03 Å². The van der Waals surface area contributed by atoms with Crippen molar-refractivity contribution >= 4 is 40.9 Å². The molecule has 4 amide bonds. The van der Waals surface area contributed by atoms with Crippen LogP contribution >= 0.6 is 23.1 Å². The number of aromatic nitrogens is 2. The fourth-order valence-electron chi connectivity index (χ4n) is 3.49. The largest absolute Gasteiger partial charge is 0.410 e. The number of hydrogen-bond donors (Lipinski definition) is 2. The van der Waals surface area contributed by atoms with Gasteiger partial charge in [-0.25, -0.2) is 4.79 Å². The summed E-state index contributed by atoms with van der Waals surface area (Å²) < 4.78 is 5.70. The maximum atomic E-state index is 12.3. The Hall–Kier alpha value is -2.40. The average molecular weight is 450 g/mol. The van der Waals surface area contributed by atoms with Crippen molar-refractivity contribution < 1.29 is 18.8 Å². The first-order chi connectivity index (χ1) is 14.3. The maximum absolute atomic E-state index is 12.3. The van der Waals surface area contributed by atoms with Gasteiger partial charge in [0.1, 0.15) is 5.54 Å². The molecule has 2 aromatic heterocycles. The number of hydrazine groups is 1. The van der Waals surface area contributed by atoms with Gasteiger partial charge < -0.3 is 9.73 Å². The third-order valence-corrected chi connectivity index (χ3v) is 7.52. The molecule has 4 rings (SSSR count). The summed E-state index contributed by atoms with van der Waals surface area (Å²) in [5.41, 5.74) is 2.69. The van der Waals surface area contributed by atoms with Gasteiger partial charge in [-0.1, -0.05) is 25.6 Å². The summed E-state index contributed by atoms with van der Waals surface area (Å²) in [6.07, 6.45) is 3.77. The van der Waals surface area contributed by atoms with Crippen molar-refractivity contribution in [3.05, 3.63) is 16.5 Å². The molecule has 0 unspecified atom stereocenters. The standard InChI is InChI=1S/C19H23N5O4S2/c1-4-19(3)16(26)24(17(27)20-19)23-14(25)9-29-18-22-21-15(28-18)13-8-11-7-10(2)5-6-12(11)30-13/h8,10H,4-7,9H2,1-3H3,(H,20,27)(H,23,25)/t10-,19+/m0/s1. The monoisotopic (exact) mass is 449 g/mol. The summed E-state index contributed by atoms with van der Waals surface area (Å²) in [7, 11) is 0. The number of carbonyl (C=O) groups is 3. The van der Waals surface area contributed by atoms with E-state index in [2.05, 4.69) is 33.9 Å². The molecule has 0 radical (unpaired) electrons. The second-order valence-electron chi connectivity index (χ2n) is 7.86. The number of urea groups is 1. The number of thiophene rings is 1. The van der Waals surface area contributed by atoms with E-state index in [-0.39, 0.29) is 11.0 Å². The minimum absolute atomic E-state index is 0.0695. The Balaban J connectivity index is 1.34. The van der Waals surface area contributed by atoms with Gasteiger partial charge in [0, 0.05) is 4.88 Å². The van der Waals surface area contributed by atoms with E-state index in [1.54, 1.807) is 25.2 Å². The van der Waals surface area contributed by atoms with E-state index in [0.29, 0.717) is 18.2 Å². The Bertz CT molecular complexity index is 1000. The third-order valence-electron chi connectivity index (χ3n) is 5.48. The molecule has 0 bridgehead atoms. The summed E-state index contributed by atoms with van der Waals surface area (Å²) in [4.78, 5) is 38.8. The van der Waals surface area contributed by atoms with Crippen LogP contribution in [-0.2, 0) is 22.4 Å². The van der Waals surface area contributed by atoms with Gasteiger partial charge in [0.05, 0.1) is 10.6 Å². The second-order valence-corrected chi connectivity index (χ2v) is 9.92. The van der Waals surface area contributed by atoms with E-state index < -0.39 is 23.4 Å². The molecule has 1 aliphatic carbocycles. The molecule has 30 heavy (non-hydrogen) atoms. The number of carbonyl (C=O) groups excluding carboxylic acids is 3. The fourth-order valence-corrected chi connectivity index (χ4v) is 5.17. The predicted molar refractivity (Wildman–Crippen MR) is 112 cm³/mol. The van der Waals surface area contributed by atoms with Crippen LogP contribution in [0.3, 0.4) is 0 Å². The molecule has 0 spiro atoms. The minimum atomic E-state index is -1.00. The van der Waals surface area contributed by atoms with Crippen molar-refractivity contribution in [2.45, 2.75) is 57.2 Å². The molecule has 1 fully saturated rings. The highest BCUT2D eigenvalue weighted by Crippen LogP contribution is 2.37. The number of aryl methyl sites for hydroxylation is 1. The van der Waals surface area contributed by atoms with E-state index in [0.717, 1.165) is 34.5 Å². The van der Waals surface area contributed by atoms with E-state index in [1.165, 1.54) is 16.9 Å². The third kappa shape index (κ3) is 3.95. The topological polar surface area (TPSA) is 117 Å². The normalized spacial score (nSPS) is 23.4. The SMILES string of the molecule is CC[C@@]1(C)NC(=O)N(NC(=O)CSc2nnc(-c3cc4c(s3)CC[C@H](C)C4)o2)C1=O. The van der Waals surface area contributed by atoms with Gasteiger partial charge in [0.25, 0.3) is 17.0 Å².